The van der Waals surface area contributed by atoms with Crippen LogP contribution in [0.2, 0.25) is 0 Å². The third-order valence-corrected chi connectivity index (χ3v) is 2.63. The first kappa shape index (κ1) is 15.1. The van der Waals surface area contributed by atoms with Gasteiger partial charge in [0.25, 0.3) is 0 Å². The number of hydrogen-bond acceptors (Lipinski definition) is 3. The van der Waals surface area contributed by atoms with Gasteiger partial charge in [-0.1, -0.05) is 19.9 Å². The predicted molar refractivity (Wildman–Crippen MR) is 73.4 cm³/mol. The number of amides is 2. The van der Waals surface area contributed by atoms with Gasteiger partial charge in [-0.05, 0) is 18.1 Å². The summed E-state index contributed by atoms with van der Waals surface area (Å²) < 4.78 is 0. The molecule has 0 unspecified atom stereocenters. The van der Waals surface area contributed by atoms with Gasteiger partial charge in [0.1, 0.15) is 0 Å². The predicted octanol–water partition coefficient (Wildman–Crippen LogP) is 0.903. The number of carbonyl (C=O) groups excluding carboxylic acids is 2. The summed E-state index contributed by atoms with van der Waals surface area (Å²) in [5.74, 6) is -0.0338. The highest BCUT2D eigenvalue weighted by Gasteiger charge is 2.06. The largest absolute Gasteiger partial charge is 0.354 e. The Kier molecular flexibility index (Phi) is 6.57. The van der Waals surface area contributed by atoms with Crippen LogP contribution in [0.15, 0.2) is 24.5 Å². The van der Waals surface area contributed by atoms with E-state index in [1.165, 1.54) is 0 Å². The molecule has 0 atom stereocenters. The first-order valence-corrected chi connectivity index (χ1v) is 6.53. The summed E-state index contributed by atoms with van der Waals surface area (Å²) in [6.45, 7) is 4.60. The molecule has 5 heteroatoms. The molecule has 0 radical (unpaired) electrons. The second-order valence-corrected chi connectivity index (χ2v) is 4.66. The Balaban J connectivity index is 2.10. The molecule has 19 heavy (non-hydrogen) atoms. The monoisotopic (exact) mass is 263 g/mol. The zero-order chi connectivity index (χ0) is 14.1. The summed E-state index contributed by atoms with van der Waals surface area (Å²) in [6, 6.07) is 3.80. The van der Waals surface area contributed by atoms with E-state index in [9.17, 15) is 9.59 Å². The second kappa shape index (κ2) is 8.24. The van der Waals surface area contributed by atoms with Gasteiger partial charge in [-0.3, -0.25) is 14.6 Å². The fourth-order valence-corrected chi connectivity index (χ4v) is 1.48. The van der Waals surface area contributed by atoms with E-state index in [1.54, 1.807) is 12.4 Å². The molecule has 2 amide bonds. The van der Waals surface area contributed by atoms with E-state index in [0.717, 1.165) is 5.56 Å². The van der Waals surface area contributed by atoms with Gasteiger partial charge in [0.2, 0.25) is 11.8 Å². The van der Waals surface area contributed by atoms with Crippen LogP contribution in [0.4, 0.5) is 0 Å². The Morgan fingerprint density at radius 3 is 2.63 bits per heavy atom. The minimum Gasteiger partial charge on any atom is -0.354 e. The minimum atomic E-state index is -0.0266. The Hall–Kier alpha value is -1.91. The lowest BCUT2D eigenvalue weighted by atomic mass is 10.1. The Morgan fingerprint density at radius 1 is 1.26 bits per heavy atom. The molecule has 0 saturated heterocycles. The summed E-state index contributed by atoms with van der Waals surface area (Å²) in [6.07, 6.45) is 4.58. The van der Waals surface area contributed by atoms with Gasteiger partial charge in [0, 0.05) is 37.8 Å². The van der Waals surface area contributed by atoms with Crippen LogP contribution in [0, 0.1) is 5.92 Å². The highest BCUT2D eigenvalue weighted by atomic mass is 16.2. The van der Waals surface area contributed by atoms with Crippen molar-refractivity contribution in [1.29, 1.82) is 0 Å². The van der Waals surface area contributed by atoms with Crippen LogP contribution >= 0.6 is 0 Å². The summed E-state index contributed by atoms with van der Waals surface area (Å²) in [4.78, 5) is 26.8. The summed E-state index contributed by atoms with van der Waals surface area (Å²) in [5, 5.41) is 5.52. The van der Waals surface area contributed by atoms with Crippen molar-refractivity contribution < 1.29 is 9.59 Å². The zero-order valence-corrected chi connectivity index (χ0v) is 11.5. The SMILES string of the molecule is CC(C)C(=O)NCCNC(=O)CCc1cccnc1. The molecule has 0 aliphatic rings. The smallest absolute Gasteiger partial charge is 0.222 e. The lowest BCUT2D eigenvalue weighted by molar-refractivity contribution is -0.124. The van der Waals surface area contributed by atoms with E-state index in [2.05, 4.69) is 15.6 Å². The first-order chi connectivity index (χ1) is 9.09. The first-order valence-electron chi connectivity index (χ1n) is 6.53. The summed E-state index contributed by atoms with van der Waals surface area (Å²) in [5.41, 5.74) is 1.05. The van der Waals surface area contributed by atoms with E-state index in [0.29, 0.717) is 25.9 Å². The molecular formula is C14H21N3O2. The van der Waals surface area contributed by atoms with Crippen LogP contribution in [0.3, 0.4) is 0 Å². The van der Waals surface area contributed by atoms with Gasteiger partial charge >= 0.3 is 0 Å². The molecule has 0 aliphatic heterocycles. The molecule has 2 N–H and O–H groups in total. The third-order valence-electron chi connectivity index (χ3n) is 2.63. The highest BCUT2D eigenvalue weighted by Crippen LogP contribution is 1.99. The van der Waals surface area contributed by atoms with Gasteiger partial charge in [-0.2, -0.15) is 0 Å². The number of carbonyl (C=O) groups is 2. The molecule has 0 fully saturated rings. The van der Waals surface area contributed by atoms with Crippen molar-refractivity contribution in [2.24, 2.45) is 5.92 Å². The molecule has 1 heterocycles. The number of nitrogens with one attached hydrogen (secondary N) is 2. The molecule has 104 valence electrons. The number of aryl methyl sites for hydroxylation is 1. The molecule has 5 nitrogen and oxygen atoms in total. The van der Waals surface area contributed by atoms with E-state index < -0.39 is 0 Å². The van der Waals surface area contributed by atoms with Crippen molar-refractivity contribution in [2.45, 2.75) is 26.7 Å². The van der Waals surface area contributed by atoms with Crippen molar-refractivity contribution in [2.75, 3.05) is 13.1 Å². The van der Waals surface area contributed by atoms with Crippen LogP contribution in [0.5, 0.6) is 0 Å². The molecule has 1 aromatic rings. The minimum absolute atomic E-state index is 0.00427. The Labute approximate surface area is 113 Å². The van der Waals surface area contributed by atoms with Crippen molar-refractivity contribution >= 4 is 11.8 Å². The summed E-state index contributed by atoms with van der Waals surface area (Å²) >= 11 is 0. The standard InChI is InChI=1S/C14H21N3O2/c1-11(2)14(19)17-9-8-16-13(18)6-5-12-4-3-7-15-10-12/h3-4,7,10-11H,5-6,8-9H2,1-2H3,(H,16,18)(H,17,19). The van der Waals surface area contributed by atoms with Crippen molar-refractivity contribution in [3.8, 4) is 0 Å². The van der Waals surface area contributed by atoms with Crippen molar-refractivity contribution in [3.63, 3.8) is 0 Å². The zero-order valence-electron chi connectivity index (χ0n) is 11.5. The van der Waals surface area contributed by atoms with E-state index in [-0.39, 0.29) is 17.7 Å². The van der Waals surface area contributed by atoms with Gasteiger partial charge in [-0.25, -0.2) is 0 Å². The maximum Gasteiger partial charge on any atom is 0.222 e. The third kappa shape index (κ3) is 6.55. The molecule has 0 aliphatic carbocycles. The average Bonchev–Trinajstić information content (AvgIpc) is 2.42. The van der Waals surface area contributed by atoms with E-state index >= 15 is 0 Å². The molecule has 0 aromatic carbocycles. The van der Waals surface area contributed by atoms with Crippen LogP contribution in [0.1, 0.15) is 25.8 Å². The second-order valence-electron chi connectivity index (χ2n) is 4.66. The van der Waals surface area contributed by atoms with Gasteiger partial charge in [-0.15, -0.1) is 0 Å². The fraction of sp³-hybridized carbons (Fsp3) is 0.500. The van der Waals surface area contributed by atoms with Gasteiger partial charge < -0.3 is 10.6 Å². The molecule has 0 bridgehead atoms. The molecular weight excluding hydrogens is 242 g/mol. The quantitative estimate of drug-likeness (QED) is 0.718. The van der Waals surface area contributed by atoms with Crippen LogP contribution in [0.25, 0.3) is 0 Å². The van der Waals surface area contributed by atoms with Crippen LogP contribution in [-0.2, 0) is 16.0 Å². The Morgan fingerprint density at radius 2 is 2.00 bits per heavy atom. The molecule has 0 spiro atoms. The number of rotatable bonds is 7. The van der Waals surface area contributed by atoms with Gasteiger partial charge in [0.05, 0.1) is 0 Å². The molecule has 1 rings (SSSR count). The maximum absolute atomic E-state index is 11.6. The number of nitrogens with zero attached hydrogens (tertiary/aromatic N) is 1. The fourth-order valence-electron chi connectivity index (χ4n) is 1.48. The topological polar surface area (TPSA) is 71.1 Å². The lowest BCUT2D eigenvalue weighted by Gasteiger charge is -2.08. The van der Waals surface area contributed by atoms with Crippen LogP contribution < -0.4 is 10.6 Å². The van der Waals surface area contributed by atoms with Crippen LogP contribution in [-0.4, -0.2) is 29.9 Å². The number of hydrogen-bond donors (Lipinski definition) is 2. The average molecular weight is 263 g/mol. The normalized spacial score (nSPS) is 10.3. The van der Waals surface area contributed by atoms with Crippen molar-refractivity contribution in [1.82, 2.24) is 15.6 Å². The van der Waals surface area contributed by atoms with Gasteiger partial charge in [0.15, 0.2) is 0 Å². The summed E-state index contributed by atoms with van der Waals surface area (Å²) in [7, 11) is 0. The van der Waals surface area contributed by atoms with E-state index in [1.807, 2.05) is 26.0 Å². The Bertz CT molecular complexity index is 404. The highest BCUT2D eigenvalue weighted by molar-refractivity contribution is 5.78. The van der Waals surface area contributed by atoms with E-state index in [4.69, 9.17) is 0 Å². The molecule has 1 aromatic heterocycles. The number of pyridine rings is 1. The lowest BCUT2D eigenvalue weighted by Crippen LogP contribution is -2.36. The number of aromatic nitrogens is 1. The maximum atomic E-state index is 11.6. The van der Waals surface area contributed by atoms with Crippen molar-refractivity contribution in [3.05, 3.63) is 30.1 Å². The molecule has 0 saturated carbocycles.